The lowest BCUT2D eigenvalue weighted by molar-refractivity contribution is -0.384. The second-order valence-electron chi connectivity index (χ2n) is 3.75. The molecular weight excluding hydrogens is 258 g/mol. The molecule has 0 fully saturated rings. The molecule has 98 valence electrons. The van der Waals surface area contributed by atoms with Crippen LogP contribution in [0.5, 0.6) is 5.75 Å². The second kappa shape index (κ2) is 6.96. The van der Waals surface area contributed by atoms with Crippen molar-refractivity contribution < 1.29 is 14.5 Å². The topological polar surface area (TPSA) is 69.4 Å². The van der Waals surface area contributed by atoms with E-state index >= 15 is 0 Å². The van der Waals surface area contributed by atoms with Crippen LogP contribution < -0.4 is 4.74 Å². The van der Waals surface area contributed by atoms with Crippen molar-refractivity contribution in [2.24, 2.45) is 0 Å². The van der Waals surface area contributed by atoms with Crippen molar-refractivity contribution in [2.75, 3.05) is 7.11 Å². The highest BCUT2D eigenvalue weighted by Gasteiger charge is 2.17. The Morgan fingerprint density at radius 2 is 2.28 bits per heavy atom. The maximum atomic E-state index is 10.7. The number of non-ortho nitro benzene ring substituents is 1. The normalized spacial score (nSPS) is 11.9. The van der Waals surface area contributed by atoms with Gasteiger partial charge in [-0.3, -0.25) is 10.1 Å². The molecule has 1 rings (SSSR count). The van der Waals surface area contributed by atoms with Crippen LogP contribution >= 0.6 is 11.6 Å². The summed E-state index contributed by atoms with van der Waals surface area (Å²) >= 11 is 6.18. The Hall–Kier alpha value is -1.62. The number of nitro groups is 1. The van der Waals surface area contributed by atoms with Crippen LogP contribution in [0.15, 0.2) is 18.2 Å². The Balaban J connectivity index is 2.92. The third-order valence-electron chi connectivity index (χ3n) is 2.54. The van der Waals surface area contributed by atoms with Crippen LogP contribution in [0.4, 0.5) is 5.69 Å². The van der Waals surface area contributed by atoms with E-state index in [2.05, 4.69) is 0 Å². The molecule has 0 spiro atoms. The largest absolute Gasteiger partial charge is 0.496 e. The van der Waals surface area contributed by atoms with Gasteiger partial charge in [-0.05, 0) is 18.9 Å². The van der Waals surface area contributed by atoms with Gasteiger partial charge in [0.2, 0.25) is 0 Å². The van der Waals surface area contributed by atoms with E-state index in [9.17, 15) is 14.9 Å². The van der Waals surface area contributed by atoms with Crippen LogP contribution in [0.3, 0.4) is 0 Å². The average molecular weight is 272 g/mol. The molecule has 1 aromatic carbocycles. The highest BCUT2D eigenvalue weighted by molar-refractivity contribution is 6.21. The average Bonchev–Trinajstić information content (AvgIpc) is 2.38. The first kappa shape index (κ1) is 14.4. The summed E-state index contributed by atoms with van der Waals surface area (Å²) in [6, 6.07) is 4.32. The Morgan fingerprint density at radius 3 is 2.83 bits per heavy atom. The summed E-state index contributed by atoms with van der Waals surface area (Å²) in [4.78, 5) is 20.5. The van der Waals surface area contributed by atoms with Gasteiger partial charge >= 0.3 is 0 Å². The van der Waals surface area contributed by atoms with Crippen molar-refractivity contribution in [3.05, 3.63) is 33.9 Å². The minimum absolute atomic E-state index is 0.0214. The number of carbonyl (C=O) groups is 1. The fraction of sp³-hybridized carbons (Fsp3) is 0.417. The molecule has 0 aliphatic rings. The Bertz CT molecular complexity index is 436. The Morgan fingerprint density at radius 1 is 1.56 bits per heavy atom. The van der Waals surface area contributed by atoms with Crippen LogP contribution in [-0.2, 0) is 4.79 Å². The quantitative estimate of drug-likeness (QED) is 0.251. The number of nitro benzene ring substituents is 1. The van der Waals surface area contributed by atoms with Gasteiger partial charge in [-0.1, -0.05) is 0 Å². The summed E-state index contributed by atoms with van der Waals surface area (Å²) in [7, 11) is 1.49. The third-order valence-corrected chi connectivity index (χ3v) is 2.99. The van der Waals surface area contributed by atoms with Gasteiger partial charge in [0.15, 0.2) is 0 Å². The number of nitrogens with zero attached hydrogens (tertiary/aromatic N) is 1. The van der Waals surface area contributed by atoms with Crippen LogP contribution in [0, 0.1) is 10.1 Å². The summed E-state index contributed by atoms with van der Waals surface area (Å²) in [6.07, 6.45) is 2.47. The van der Waals surface area contributed by atoms with Crippen LogP contribution in [-0.4, -0.2) is 18.3 Å². The molecule has 0 radical (unpaired) electrons. The highest BCUT2D eigenvalue weighted by Crippen LogP contribution is 2.35. The predicted octanol–water partition coefficient (Wildman–Crippen LogP) is 3.25. The van der Waals surface area contributed by atoms with Gasteiger partial charge in [0.05, 0.1) is 17.4 Å². The van der Waals surface area contributed by atoms with E-state index in [0.29, 0.717) is 30.6 Å². The molecule has 0 heterocycles. The number of ether oxygens (including phenoxy) is 1. The lowest BCUT2D eigenvalue weighted by Crippen LogP contribution is -1.98. The molecule has 1 aromatic rings. The minimum atomic E-state index is -0.474. The van der Waals surface area contributed by atoms with Crippen molar-refractivity contribution >= 4 is 23.6 Å². The predicted molar refractivity (Wildman–Crippen MR) is 68.2 cm³/mol. The van der Waals surface area contributed by atoms with Gasteiger partial charge in [0, 0.05) is 24.1 Å². The van der Waals surface area contributed by atoms with Gasteiger partial charge in [0.1, 0.15) is 12.0 Å². The molecular formula is C12H14ClNO4. The highest BCUT2D eigenvalue weighted by atomic mass is 35.5. The van der Waals surface area contributed by atoms with E-state index in [-0.39, 0.29) is 5.69 Å². The van der Waals surface area contributed by atoms with E-state index in [4.69, 9.17) is 16.3 Å². The molecule has 6 heteroatoms. The molecule has 18 heavy (non-hydrogen) atoms. The van der Waals surface area contributed by atoms with Crippen molar-refractivity contribution in [2.45, 2.75) is 24.6 Å². The van der Waals surface area contributed by atoms with E-state index in [1.165, 1.54) is 25.3 Å². The standard InChI is InChI=1S/C12H14ClNO4/c1-18-12-6-5-9(14(16)17)8-10(12)11(13)4-2-3-7-15/h5-8,11H,2-4H2,1H3. The molecule has 1 unspecified atom stereocenters. The maximum Gasteiger partial charge on any atom is 0.270 e. The molecule has 0 N–H and O–H groups in total. The Labute approximate surface area is 110 Å². The zero-order chi connectivity index (χ0) is 13.5. The number of hydrogen-bond donors (Lipinski definition) is 0. The zero-order valence-corrected chi connectivity index (χ0v) is 10.7. The zero-order valence-electron chi connectivity index (χ0n) is 9.97. The molecule has 5 nitrogen and oxygen atoms in total. The molecule has 0 saturated heterocycles. The van der Waals surface area contributed by atoms with Gasteiger partial charge in [-0.15, -0.1) is 11.6 Å². The number of rotatable bonds is 7. The first-order chi connectivity index (χ1) is 8.60. The first-order valence-corrected chi connectivity index (χ1v) is 5.93. The van der Waals surface area contributed by atoms with E-state index in [1.807, 2.05) is 0 Å². The molecule has 0 bridgehead atoms. The van der Waals surface area contributed by atoms with E-state index < -0.39 is 10.3 Å². The summed E-state index contributed by atoms with van der Waals surface area (Å²) in [5.41, 5.74) is 0.561. The fourth-order valence-electron chi connectivity index (χ4n) is 1.62. The van der Waals surface area contributed by atoms with Gasteiger partial charge < -0.3 is 9.53 Å². The molecule has 0 aliphatic heterocycles. The second-order valence-corrected chi connectivity index (χ2v) is 4.28. The van der Waals surface area contributed by atoms with Gasteiger partial charge in [-0.25, -0.2) is 0 Å². The fourth-order valence-corrected chi connectivity index (χ4v) is 1.94. The van der Waals surface area contributed by atoms with Crippen molar-refractivity contribution in [1.29, 1.82) is 0 Å². The summed E-state index contributed by atoms with van der Waals surface area (Å²) in [6.45, 7) is 0. The van der Waals surface area contributed by atoms with Crippen molar-refractivity contribution in [3.63, 3.8) is 0 Å². The lowest BCUT2D eigenvalue weighted by atomic mass is 10.0. The summed E-state index contributed by atoms with van der Waals surface area (Å²) < 4.78 is 5.13. The maximum absolute atomic E-state index is 10.7. The Kier molecular flexibility index (Phi) is 5.58. The molecule has 0 aliphatic carbocycles. The van der Waals surface area contributed by atoms with Crippen LogP contribution in [0.2, 0.25) is 0 Å². The number of halogens is 1. The smallest absolute Gasteiger partial charge is 0.270 e. The molecule has 1 atom stereocenters. The van der Waals surface area contributed by atoms with Gasteiger partial charge in [0.25, 0.3) is 5.69 Å². The first-order valence-electron chi connectivity index (χ1n) is 5.50. The monoisotopic (exact) mass is 271 g/mol. The number of methoxy groups -OCH3 is 1. The molecule has 0 saturated carbocycles. The van der Waals surface area contributed by atoms with Crippen LogP contribution in [0.25, 0.3) is 0 Å². The SMILES string of the molecule is COc1ccc([N+](=O)[O-])cc1C(Cl)CCCC=O. The number of hydrogen-bond acceptors (Lipinski definition) is 4. The number of carbonyl (C=O) groups excluding carboxylic acids is 1. The molecule has 0 aromatic heterocycles. The number of benzene rings is 1. The van der Waals surface area contributed by atoms with Gasteiger partial charge in [-0.2, -0.15) is 0 Å². The van der Waals surface area contributed by atoms with Crippen molar-refractivity contribution in [1.82, 2.24) is 0 Å². The van der Waals surface area contributed by atoms with E-state index in [0.717, 1.165) is 6.29 Å². The number of alkyl halides is 1. The van der Waals surface area contributed by atoms with Crippen molar-refractivity contribution in [3.8, 4) is 5.75 Å². The molecule has 0 amide bonds. The number of unbranched alkanes of at least 4 members (excludes halogenated alkanes) is 1. The number of aldehydes is 1. The van der Waals surface area contributed by atoms with E-state index in [1.54, 1.807) is 0 Å². The summed E-state index contributed by atoms with van der Waals surface area (Å²) in [5, 5.41) is 10.3. The minimum Gasteiger partial charge on any atom is -0.496 e. The summed E-state index contributed by atoms with van der Waals surface area (Å²) in [5.74, 6) is 0.520. The van der Waals surface area contributed by atoms with Crippen LogP contribution in [0.1, 0.15) is 30.2 Å². The third kappa shape index (κ3) is 3.70. The lowest BCUT2D eigenvalue weighted by Gasteiger charge is -2.13.